The third-order valence-electron chi connectivity index (χ3n) is 2.71. The number of alkyl halides is 2. The maximum Gasteiger partial charge on any atom is 0.333 e. The van der Waals surface area contributed by atoms with Crippen LogP contribution in [0.25, 0.3) is 0 Å². The summed E-state index contributed by atoms with van der Waals surface area (Å²) in [5, 5.41) is 16.5. The van der Waals surface area contributed by atoms with Gasteiger partial charge in [-0.2, -0.15) is 13.9 Å². The highest BCUT2D eigenvalue weighted by Gasteiger charge is 2.15. The number of anilines is 1. The zero-order valence-electron chi connectivity index (χ0n) is 10.8. The number of non-ortho nitro benzene ring substituents is 1. The SMILES string of the molecule is Cc1cc([N+](=O)[O-])ccc1NC(=O)c1ccn(C(F)F)n1. The fraction of sp³-hybridized carbons (Fsp3) is 0.167. The Hall–Kier alpha value is -2.84. The van der Waals surface area contributed by atoms with Gasteiger partial charge < -0.3 is 5.32 Å². The van der Waals surface area contributed by atoms with Crippen LogP contribution in [0.3, 0.4) is 0 Å². The third-order valence-corrected chi connectivity index (χ3v) is 2.71. The van der Waals surface area contributed by atoms with Crippen molar-refractivity contribution in [2.45, 2.75) is 13.5 Å². The van der Waals surface area contributed by atoms with E-state index in [4.69, 9.17) is 0 Å². The predicted molar refractivity (Wildman–Crippen MR) is 69.3 cm³/mol. The number of amides is 1. The summed E-state index contributed by atoms with van der Waals surface area (Å²) in [6.07, 6.45) is 0.988. The molecule has 7 nitrogen and oxygen atoms in total. The molecule has 0 fully saturated rings. The van der Waals surface area contributed by atoms with E-state index >= 15 is 0 Å². The van der Waals surface area contributed by atoms with Crippen LogP contribution in [0, 0.1) is 17.0 Å². The lowest BCUT2D eigenvalue weighted by Crippen LogP contribution is -2.14. The van der Waals surface area contributed by atoms with Crippen LogP contribution in [0.1, 0.15) is 22.6 Å². The lowest BCUT2D eigenvalue weighted by molar-refractivity contribution is -0.384. The van der Waals surface area contributed by atoms with Crippen molar-refractivity contribution in [3.05, 3.63) is 51.8 Å². The molecule has 2 aromatic rings. The largest absolute Gasteiger partial charge is 0.333 e. The molecule has 0 bridgehead atoms. The van der Waals surface area contributed by atoms with Crippen molar-refractivity contribution in [1.82, 2.24) is 9.78 Å². The molecule has 0 atom stereocenters. The van der Waals surface area contributed by atoms with Gasteiger partial charge in [0.15, 0.2) is 5.69 Å². The lowest BCUT2D eigenvalue weighted by Gasteiger charge is -2.06. The zero-order valence-corrected chi connectivity index (χ0v) is 10.8. The minimum Gasteiger partial charge on any atom is -0.320 e. The Kier molecular flexibility index (Phi) is 3.92. The maximum atomic E-state index is 12.4. The van der Waals surface area contributed by atoms with Gasteiger partial charge in [-0.3, -0.25) is 14.9 Å². The molecule has 0 aliphatic carbocycles. The molecule has 0 aliphatic heterocycles. The monoisotopic (exact) mass is 296 g/mol. The average Bonchev–Trinajstić information content (AvgIpc) is 2.90. The Bertz CT molecular complexity index is 700. The van der Waals surface area contributed by atoms with Crippen LogP contribution in [-0.2, 0) is 0 Å². The van der Waals surface area contributed by atoms with E-state index in [0.717, 1.165) is 12.3 Å². The van der Waals surface area contributed by atoms with E-state index in [1.165, 1.54) is 18.2 Å². The number of nitro groups is 1. The van der Waals surface area contributed by atoms with Crippen molar-refractivity contribution in [3.63, 3.8) is 0 Å². The topological polar surface area (TPSA) is 90.1 Å². The van der Waals surface area contributed by atoms with Gasteiger partial charge in [0.05, 0.1) is 4.92 Å². The molecule has 0 aliphatic rings. The van der Waals surface area contributed by atoms with E-state index in [1.807, 2.05) is 0 Å². The van der Waals surface area contributed by atoms with Crippen LogP contribution in [0.4, 0.5) is 20.2 Å². The number of nitrogens with one attached hydrogen (secondary N) is 1. The number of hydrogen-bond donors (Lipinski definition) is 1. The molecule has 0 saturated heterocycles. The first kappa shape index (κ1) is 14.6. The number of hydrogen-bond acceptors (Lipinski definition) is 4. The second-order valence-electron chi connectivity index (χ2n) is 4.17. The summed E-state index contributed by atoms with van der Waals surface area (Å²) in [5.41, 5.74) is 0.545. The quantitative estimate of drug-likeness (QED) is 0.693. The summed E-state index contributed by atoms with van der Waals surface area (Å²) < 4.78 is 25.1. The highest BCUT2D eigenvalue weighted by atomic mass is 19.3. The standard InChI is InChI=1S/C12H10F2N4O3/c1-7-6-8(18(20)21)2-3-9(7)15-11(19)10-4-5-17(16-10)12(13)14/h2-6,12H,1H3,(H,15,19). The number of rotatable bonds is 4. The number of aryl methyl sites for hydroxylation is 1. The molecule has 0 unspecified atom stereocenters. The zero-order chi connectivity index (χ0) is 15.6. The Morgan fingerprint density at radius 3 is 2.67 bits per heavy atom. The number of carbonyl (C=O) groups is 1. The number of nitro benzene ring substituents is 1. The Balaban J connectivity index is 2.17. The molecule has 1 heterocycles. The third kappa shape index (κ3) is 3.19. The lowest BCUT2D eigenvalue weighted by atomic mass is 10.1. The first-order chi connectivity index (χ1) is 9.88. The molecule has 21 heavy (non-hydrogen) atoms. The van der Waals surface area contributed by atoms with Gasteiger partial charge in [0.1, 0.15) is 0 Å². The van der Waals surface area contributed by atoms with Crippen LogP contribution < -0.4 is 5.32 Å². The van der Waals surface area contributed by atoms with Gasteiger partial charge in [-0.25, -0.2) is 4.68 Å². The van der Waals surface area contributed by atoms with E-state index in [0.29, 0.717) is 15.9 Å². The van der Waals surface area contributed by atoms with Crippen molar-refractivity contribution in [2.75, 3.05) is 5.32 Å². The van der Waals surface area contributed by atoms with Crippen LogP contribution >= 0.6 is 0 Å². The predicted octanol–water partition coefficient (Wildman–Crippen LogP) is 2.75. The van der Waals surface area contributed by atoms with Gasteiger partial charge in [-0.05, 0) is 24.6 Å². The van der Waals surface area contributed by atoms with Crippen molar-refractivity contribution in [3.8, 4) is 0 Å². The summed E-state index contributed by atoms with van der Waals surface area (Å²) in [4.78, 5) is 21.9. The van der Waals surface area contributed by atoms with Gasteiger partial charge in [-0.15, -0.1) is 0 Å². The summed E-state index contributed by atoms with van der Waals surface area (Å²) in [6, 6.07) is 5.06. The second kappa shape index (κ2) is 5.65. The fourth-order valence-electron chi connectivity index (χ4n) is 1.66. The maximum absolute atomic E-state index is 12.4. The van der Waals surface area contributed by atoms with E-state index < -0.39 is 17.4 Å². The highest BCUT2D eigenvalue weighted by Crippen LogP contribution is 2.21. The van der Waals surface area contributed by atoms with Crippen LogP contribution in [-0.4, -0.2) is 20.6 Å². The summed E-state index contributed by atoms with van der Waals surface area (Å²) in [6.45, 7) is -1.24. The second-order valence-corrected chi connectivity index (χ2v) is 4.17. The van der Waals surface area contributed by atoms with Crippen molar-refractivity contribution in [1.29, 1.82) is 0 Å². The van der Waals surface area contributed by atoms with Crippen molar-refractivity contribution >= 4 is 17.3 Å². The number of aromatic nitrogens is 2. The van der Waals surface area contributed by atoms with Crippen LogP contribution in [0.2, 0.25) is 0 Å². The van der Waals surface area contributed by atoms with E-state index in [2.05, 4.69) is 10.4 Å². The molecule has 0 saturated carbocycles. The minimum absolute atomic E-state index is 0.104. The first-order valence-corrected chi connectivity index (χ1v) is 5.78. The van der Waals surface area contributed by atoms with E-state index in [1.54, 1.807) is 6.92 Å². The molecule has 2 rings (SSSR count). The van der Waals surface area contributed by atoms with Gasteiger partial charge in [-0.1, -0.05) is 0 Å². The molecular formula is C12H10F2N4O3. The normalized spacial score (nSPS) is 10.7. The van der Waals surface area contributed by atoms with Gasteiger partial charge in [0.25, 0.3) is 11.6 Å². The molecule has 9 heteroatoms. The Morgan fingerprint density at radius 2 is 2.14 bits per heavy atom. The van der Waals surface area contributed by atoms with Crippen molar-refractivity contribution < 1.29 is 18.5 Å². The Labute approximate surface area is 117 Å². The number of benzene rings is 1. The first-order valence-electron chi connectivity index (χ1n) is 5.78. The van der Waals surface area contributed by atoms with E-state index in [-0.39, 0.29) is 11.4 Å². The van der Waals surface area contributed by atoms with Crippen molar-refractivity contribution in [2.24, 2.45) is 0 Å². The molecule has 1 aromatic carbocycles. The van der Waals surface area contributed by atoms with Crippen LogP contribution in [0.15, 0.2) is 30.5 Å². The summed E-state index contributed by atoms with van der Waals surface area (Å²) in [5.74, 6) is -0.675. The minimum atomic E-state index is -2.83. The molecule has 1 amide bonds. The van der Waals surface area contributed by atoms with Gasteiger partial charge in [0.2, 0.25) is 0 Å². The smallest absolute Gasteiger partial charge is 0.320 e. The summed E-state index contributed by atoms with van der Waals surface area (Å²) in [7, 11) is 0. The number of nitrogens with zero attached hydrogens (tertiary/aromatic N) is 3. The molecule has 110 valence electrons. The highest BCUT2D eigenvalue weighted by molar-refractivity contribution is 6.03. The summed E-state index contributed by atoms with van der Waals surface area (Å²) >= 11 is 0. The average molecular weight is 296 g/mol. The van der Waals surface area contributed by atoms with Gasteiger partial charge in [0, 0.05) is 24.0 Å². The molecule has 1 N–H and O–H groups in total. The molecular weight excluding hydrogens is 286 g/mol. The number of carbonyl (C=O) groups excluding carboxylic acids is 1. The Morgan fingerprint density at radius 1 is 1.43 bits per heavy atom. The molecule has 0 radical (unpaired) electrons. The van der Waals surface area contributed by atoms with Gasteiger partial charge >= 0.3 is 6.55 Å². The molecule has 0 spiro atoms. The molecule has 1 aromatic heterocycles. The van der Waals surface area contributed by atoms with Crippen LogP contribution in [0.5, 0.6) is 0 Å². The number of halogens is 2. The fourth-order valence-corrected chi connectivity index (χ4v) is 1.66. The van der Waals surface area contributed by atoms with E-state index in [9.17, 15) is 23.7 Å².